The molecule has 2 aromatic carbocycles. The van der Waals surface area contributed by atoms with Crippen LogP contribution in [0.4, 0.5) is 0 Å². The van der Waals surface area contributed by atoms with Gasteiger partial charge < -0.3 is 9.47 Å². The number of ether oxygens (including phenoxy) is 2. The Morgan fingerprint density at radius 1 is 1.10 bits per heavy atom. The summed E-state index contributed by atoms with van der Waals surface area (Å²) in [6, 6.07) is 13.2. The molecule has 0 aliphatic carbocycles. The minimum atomic E-state index is 0.542. The van der Waals surface area contributed by atoms with E-state index < -0.39 is 0 Å². The van der Waals surface area contributed by atoms with Crippen molar-refractivity contribution in [2.75, 3.05) is 7.11 Å². The Morgan fingerprint density at radius 2 is 1.85 bits per heavy atom. The van der Waals surface area contributed by atoms with Gasteiger partial charge in [-0.25, -0.2) is 0 Å². The third-order valence-corrected chi connectivity index (χ3v) is 3.55. The molecule has 0 unspecified atom stereocenters. The first kappa shape index (κ1) is 14.4. The first-order chi connectivity index (χ1) is 9.67. The Balaban J connectivity index is 2.32. The molecule has 102 valence electrons. The van der Waals surface area contributed by atoms with Crippen LogP contribution in [0.25, 0.3) is 0 Å². The number of alkyl halides is 1. The molecule has 0 fully saturated rings. The number of methoxy groups -OCH3 is 1. The zero-order valence-electron chi connectivity index (χ0n) is 11.3. The number of hydrogen-bond donors (Lipinski definition) is 0. The van der Waals surface area contributed by atoms with Crippen molar-refractivity contribution >= 4 is 15.9 Å². The minimum Gasteiger partial charge on any atom is -0.493 e. The van der Waals surface area contributed by atoms with Crippen molar-refractivity contribution in [3.05, 3.63) is 53.1 Å². The predicted octanol–water partition coefficient (Wildman–Crippen LogP) is 4.56. The summed E-state index contributed by atoms with van der Waals surface area (Å²) >= 11 is 3.43. The highest BCUT2D eigenvalue weighted by Crippen LogP contribution is 2.34. The molecule has 4 heteroatoms. The van der Waals surface area contributed by atoms with Gasteiger partial charge in [-0.1, -0.05) is 28.1 Å². The fraction of sp³-hybridized carbons (Fsp3) is 0.188. The van der Waals surface area contributed by atoms with E-state index in [-0.39, 0.29) is 0 Å². The van der Waals surface area contributed by atoms with Gasteiger partial charge in [0.05, 0.1) is 18.7 Å². The van der Waals surface area contributed by atoms with Crippen molar-refractivity contribution < 1.29 is 9.47 Å². The number of hydrogen-bond acceptors (Lipinski definition) is 3. The van der Waals surface area contributed by atoms with Crippen LogP contribution in [-0.4, -0.2) is 7.11 Å². The van der Waals surface area contributed by atoms with E-state index in [1.807, 2.05) is 19.1 Å². The van der Waals surface area contributed by atoms with Crippen molar-refractivity contribution in [3.8, 4) is 23.3 Å². The second kappa shape index (κ2) is 6.44. The molecule has 0 atom stereocenters. The monoisotopic (exact) mass is 331 g/mol. The lowest BCUT2D eigenvalue weighted by molar-refractivity contribution is 0.378. The average molecular weight is 332 g/mol. The zero-order chi connectivity index (χ0) is 14.5. The molecular weight excluding hydrogens is 318 g/mol. The summed E-state index contributed by atoms with van der Waals surface area (Å²) in [5, 5.41) is 9.70. The third-order valence-electron chi connectivity index (χ3n) is 2.91. The molecule has 0 heterocycles. The van der Waals surface area contributed by atoms with Crippen LogP contribution in [0.2, 0.25) is 0 Å². The lowest BCUT2D eigenvalue weighted by Gasteiger charge is -2.13. The van der Waals surface area contributed by atoms with Gasteiger partial charge in [0.25, 0.3) is 0 Å². The van der Waals surface area contributed by atoms with Crippen LogP contribution in [0, 0.1) is 18.3 Å². The van der Waals surface area contributed by atoms with E-state index in [2.05, 4.69) is 28.1 Å². The van der Waals surface area contributed by atoms with Gasteiger partial charge in [-0.3, -0.25) is 0 Å². The fourth-order valence-electron chi connectivity index (χ4n) is 1.85. The Labute approximate surface area is 126 Å². The summed E-state index contributed by atoms with van der Waals surface area (Å²) in [6.45, 7) is 2.00. The summed E-state index contributed by atoms with van der Waals surface area (Å²) in [7, 11) is 1.56. The van der Waals surface area contributed by atoms with Gasteiger partial charge in [0.1, 0.15) is 5.75 Å². The molecule has 0 bridgehead atoms. The van der Waals surface area contributed by atoms with Crippen molar-refractivity contribution in [3.63, 3.8) is 0 Å². The van der Waals surface area contributed by atoms with E-state index in [1.54, 1.807) is 25.3 Å². The van der Waals surface area contributed by atoms with Gasteiger partial charge in [0.15, 0.2) is 11.5 Å². The summed E-state index contributed by atoms with van der Waals surface area (Å²) in [5.41, 5.74) is 2.79. The molecule has 2 aromatic rings. The molecule has 0 N–H and O–H groups in total. The number of aryl methyl sites for hydroxylation is 1. The maximum absolute atomic E-state index is 8.89. The normalized spacial score (nSPS) is 9.90. The second-order valence-corrected chi connectivity index (χ2v) is 4.87. The van der Waals surface area contributed by atoms with E-state index in [0.717, 1.165) is 16.6 Å². The molecule has 0 spiro atoms. The van der Waals surface area contributed by atoms with E-state index in [9.17, 15) is 0 Å². The zero-order valence-corrected chi connectivity index (χ0v) is 12.9. The molecule has 0 saturated heterocycles. The number of rotatable bonds is 4. The summed E-state index contributed by atoms with van der Waals surface area (Å²) in [4.78, 5) is 0. The molecule has 0 radical (unpaired) electrons. The number of nitrogens with zero attached hydrogens (tertiary/aromatic N) is 1. The van der Waals surface area contributed by atoms with Gasteiger partial charge in [0.2, 0.25) is 0 Å². The quantitative estimate of drug-likeness (QED) is 0.771. The lowest BCUT2D eigenvalue weighted by atomic mass is 10.1. The average Bonchev–Trinajstić information content (AvgIpc) is 2.49. The smallest absolute Gasteiger partial charge is 0.169 e. The molecule has 3 nitrogen and oxygen atoms in total. The second-order valence-electron chi connectivity index (χ2n) is 4.31. The van der Waals surface area contributed by atoms with Gasteiger partial charge in [0, 0.05) is 11.4 Å². The van der Waals surface area contributed by atoms with Crippen LogP contribution in [0.3, 0.4) is 0 Å². The van der Waals surface area contributed by atoms with Crippen molar-refractivity contribution in [2.45, 2.75) is 12.3 Å². The summed E-state index contributed by atoms with van der Waals surface area (Å²) in [5.74, 6) is 1.92. The molecular formula is C16H14BrNO2. The van der Waals surface area contributed by atoms with Crippen LogP contribution in [0.15, 0.2) is 36.4 Å². The standard InChI is InChI=1S/C16H14BrNO2/c1-11-7-12(9-17)3-5-14(11)20-15-6-4-13(10-18)8-16(15)19-2/h3-8H,9H2,1-2H3. The Morgan fingerprint density at radius 3 is 2.45 bits per heavy atom. The number of benzene rings is 2. The third kappa shape index (κ3) is 3.12. The minimum absolute atomic E-state index is 0.542. The maximum atomic E-state index is 8.89. The molecule has 0 aliphatic heterocycles. The van der Waals surface area contributed by atoms with Crippen molar-refractivity contribution in [1.82, 2.24) is 0 Å². The van der Waals surface area contributed by atoms with Crippen LogP contribution >= 0.6 is 15.9 Å². The summed E-state index contributed by atoms with van der Waals surface area (Å²) in [6.07, 6.45) is 0. The highest BCUT2D eigenvalue weighted by atomic mass is 79.9. The van der Waals surface area contributed by atoms with E-state index in [4.69, 9.17) is 14.7 Å². The SMILES string of the molecule is COc1cc(C#N)ccc1Oc1ccc(CBr)cc1C. The van der Waals surface area contributed by atoms with Gasteiger partial charge >= 0.3 is 0 Å². The summed E-state index contributed by atoms with van der Waals surface area (Å²) < 4.78 is 11.1. The Kier molecular flexibility index (Phi) is 4.65. The fourth-order valence-corrected chi connectivity index (χ4v) is 2.20. The number of nitriles is 1. The molecule has 20 heavy (non-hydrogen) atoms. The van der Waals surface area contributed by atoms with Gasteiger partial charge in [-0.15, -0.1) is 0 Å². The van der Waals surface area contributed by atoms with Crippen molar-refractivity contribution in [1.29, 1.82) is 5.26 Å². The molecule has 0 amide bonds. The van der Waals surface area contributed by atoms with E-state index in [1.165, 1.54) is 5.56 Å². The first-order valence-electron chi connectivity index (χ1n) is 6.09. The molecule has 0 aromatic heterocycles. The Hall–Kier alpha value is -1.99. The number of halogens is 1. The van der Waals surface area contributed by atoms with E-state index >= 15 is 0 Å². The topological polar surface area (TPSA) is 42.2 Å². The van der Waals surface area contributed by atoms with Gasteiger partial charge in [-0.2, -0.15) is 5.26 Å². The van der Waals surface area contributed by atoms with E-state index in [0.29, 0.717) is 17.1 Å². The highest BCUT2D eigenvalue weighted by Gasteiger charge is 2.09. The van der Waals surface area contributed by atoms with Crippen LogP contribution in [-0.2, 0) is 5.33 Å². The van der Waals surface area contributed by atoms with Crippen LogP contribution < -0.4 is 9.47 Å². The Bertz CT molecular complexity index is 662. The molecule has 0 aliphatic rings. The lowest BCUT2D eigenvalue weighted by Crippen LogP contribution is -1.93. The largest absolute Gasteiger partial charge is 0.493 e. The highest BCUT2D eigenvalue weighted by molar-refractivity contribution is 9.08. The van der Waals surface area contributed by atoms with Crippen LogP contribution in [0.5, 0.6) is 17.2 Å². The predicted molar refractivity (Wildman–Crippen MR) is 81.6 cm³/mol. The maximum Gasteiger partial charge on any atom is 0.169 e. The van der Waals surface area contributed by atoms with Crippen LogP contribution in [0.1, 0.15) is 16.7 Å². The first-order valence-corrected chi connectivity index (χ1v) is 7.21. The van der Waals surface area contributed by atoms with Gasteiger partial charge in [-0.05, 0) is 36.2 Å². The molecule has 0 saturated carbocycles. The van der Waals surface area contributed by atoms with Crippen molar-refractivity contribution in [2.24, 2.45) is 0 Å². The molecule has 2 rings (SSSR count).